The van der Waals surface area contributed by atoms with Crippen molar-refractivity contribution in [2.24, 2.45) is 4.36 Å². The molecule has 19 heavy (non-hydrogen) atoms. The van der Waals surface area contributed by atoms with E-state index in [1.165, 1.54) is 0 Å². The van der Waals surface area contributed by atoms with Crippen LogP contribution in [0.2, 0.25) is 0 Å². The molecular formula is C14H25N3OS. The predicted molar refractivity (Wildman–Crippen MR) is 82.4 cm³/mol. The molecule has 2 unspecified atom stereocenters. The van der Waals surface area contributed by atoms with Gasteiger partial charge < -0.3 is 5.73 Å². The summed E-state index contributed by atoms with van der Waals surface area (Å²) < 4.78 is 20.6. The smallest absolute Gasteiger partial charge is 0.137 e. The molecule has 0 aliphatic rings. The normalized spacial score (nSPS) is 15.7. The summed E-state index contributed by atoms with van der Waals surface area (Å²) in [6.45, 7) is 6.85. The van der Waals surface area contributed by atoms with Crippen molar-refractivity contribution in [3.8, 4) is 0 Å². The van der Waals surface area contributed by atoms with Gasteiger partial charge in [0, 0.05) is 12.2 Å². The highest BCUT2D eigenvalue weighted by Gasteiger charge is 2.13. The van der Waals surface area contributed by atoms with Crippen LogP contribution in [0.1, 0.15) is 40.0 Å². The Balaban J connectivity index is 3.07. The first-order valence-electron chi connectivity index (χ1n) is 6.88. The second kappa shape index (κ2) is 7.50. The lowest BCUT2D eigenvalue weighted by Crippen LogP contribution is -2.26. The van der Waals surface area contributed by atoms with E-state index < -0.39 is 9.92 Å². The fourth-order valence-electron chi connectivity index (χ4n) is 1.55. The average molecular weight is 283 g/mol. The molecule has 0 spiro atoms. The largest absolute Gasteiger partial charge is 0.399 e. The number of anilines is 1. The van der Waals surface area contributed by atoms with Gasteiger partial charge in [-0.25, -0.2) is 13.3 Å². The van der Waals surface area contributed by atoms with E-state index in [2.05, 4.69) is 16.0 Å². The zero-order chi connectivity index (χ0) is 14.3. The maximum absolute atomic E-state index is 13.0. The van der Waals surface area contributed by atoms with Gasteiger partial charge in [0.25, 0.3) is 0 Å². The van der Waals surface area contributed by atoms with Gasteiger partial charge in [0.15, 0.2) is 0 Å². The zero-order valence-corrected chi connectivity index (χ0v) is 12.9. The van der Waals surface area contributed by atoms with Crippen LogP contribution in [-0.4, -0.2) is 16.8 Å². The fourth-order valence-corrected chi connectivity index (χ4v) is 3.49. The zero-order valence-electron chi connectivity index (χ0n) is 12.1. The van der Waals surface area contributed by atoms with Crippen LogP contribution in [0.3, 0.4) is 0 Å². The van der Waals surface area contributed by atoms with E-state index in [9.17, 15) is 4.21 Å². The Labute approximate surface area is 117 Å². The second-order valence-electron chi connectivity index (χ2n) is 4.71. The van der Waals surface area contributed by atoms with Gasteiger partial charge in [-0.1, -0.05) is 20.3 Å². The summed E-state index contributed by atoms with van der Waals surface area (Å²) in [4.78, 5) is 0.707. The molecule has 2 atom stereocenters. The van der Waals surface area contributed by atoms with Crippen LogP contribution in [0.15, 0.2) is 33.5 Å². The van der Waals surface area contributed by atoms with Gasteiger partial charge in [-0.2, -0.15) is 0 Å². The molecule has 0 aromatic heterocycles. The van der Waals surface area contributed by atoms with E-state index >= 15 is 0 Å². The number of benzene rings is 1. The molecule has 0 amide bonds. The van der Waals surface area contributed by atoms with E-state index in [0.29, 0.717) is 17.1 Å². The van der Waals surface area contributed by atoms with Crippen LogP contribution in [0.5, 0.6) is 0 Å². The molecule has 5 heteroatoms. The summed E-state index contributed by atoms with van der Waals surface area (Å²) in [6, 6.07) is 7.19. The van der Waals surface area contributed by atoms with Crippen molar-refractivity contribution >= 4 is 15.6 Å². The van der Waals surface area contributed by atoms with E-state index in [1.54, 1.807) is 24.3 Å². The SMILES string of the molecule is CCCCNS(=O)(=NC(C)CC)c1ccc(N)cc1. The summed E-state index contributed by atoms with van der Waals surface area (Å²) in [7, 11) is -2.55. The average Bonchev–Trinajstić information content (AvgIpc) is 2.39. The van der Waals surface area contributed by atoms with Crippen LogP contribution in [0.4, 0.5) is 5.69 Å². The maximum Gasteiger partial charge on any atom is 0.137 e. The molecule has 4 nitrogen and oxygen atoms in total. The summed E-state index contributed by atoms with van der Waals surface area (Å²) in [6.07, 6.45) is 2.93. The van der Waals surface area contributed by atoms with Gasteiger partial charge >= 0.3 is 0 Å². The molecule has 0 aliphatic carbocycles. The second-order valence-corrected chi connectivity index (χ2v) is 6.73. The van der Waals surface area contributed by atoms with E-state index in [1.807, 2.05) is 13.8 Å². The summed E-state index contributed by atoms with van der Waals surface area (Å²) in [5, 5.41) is 0. The Kier molecular flexibility index (Phi) is 6.31. The summed E-state index contributed by atoms with van der Waals surface area (Å²) in [5.74, 6) is 0. The van der Waals surface area contributed by atoms with Gasteiger partial charge in [-0.05, 0) is 44.0 Å². The molecule has 0 aliphatic heterocycles. The Bertz CT molecular complexity index is 490. The van der Waals surface area contributed by atoms with Crippen molar-refractivity contribution in [3.05, 3.63) is 24.3 Å². The highest BCUT2D eigenvalue weighted by atomic mass is 32.2. The minimum absolute atomic E-state index is 0.0687. The van der Waals surface area contributed by atoms with Crippen molar-refractivity contribution in [3.63, 3.8) is 0 Å². The van der Waals surface area contributed by atoms with Gasteiger partial charge in [0.2, 0.25) is 0 Å². The van der Waals surface area contributed by atoms with Crippen LogP contribution < -0.4 is 10.5 Å². The third kappa shape index (κ3) is 4.84. The molecule has 1 rings (SSSR count). The number of hydrogen-bond donors (Lipinski definition) is 2. The number of nitrogen functional groups attached to an aromatic ring is 1. The molecule has 0 fully saturated rings. The monoisotopic (exact) mass is 283 g/mol. The minimum Gasteiger partial charge on any atom is -0.399 e. The fraction of sp³-hybridized carbons (Fsp3) is 0.571. The number of nitrogens with one attached hydrogen (secondary N) is 1. The van der Waals surface area contributed by atoms with E-state index in [4.69, 9.17) is 5.73 Å². The first-order valence-corrected chi connectivity index (χ1v) is 8.39. The Hall–Kier alpha value is -1.07. The lowest BCUT2D eigenvalue weighted by Gasteiger charge is -2.14. The molecule has 0 saturated heterocycles. The molecule has 0 bridgehead atoms. The number of nitrogens with zero attached hydrogens (tertiary/aromatic N) is 1. The van der Waals surface area contributed by atoms with Gasteiger partial charge in [0.05, 0.1) is 10.9 Å². The Morgan fingerprint density at radius 1 is 1.32 bits per heavy atom. The van der Waals surface area contributed by atoms with Crippen LogP contribution in [0, 0.1) is 0 Å². The van der Waals surface area contributed by atoms with Crippen molar-refractivity contribution in [1.82, 2.24) is 4.72 Å². The quantitative estimate of drug-likeness (QED) is 0.596. The first kappa shape index (κ1) is 16.0. The summed E-state index contributed by atoms with van der Waals surface area (Å²) >= 11 is 0. The third-order valence-corrected chi connectivity index (χ3v) is 5.11. The number of nitrogens with two attached hydrogens (primary N) is 1. The molecule has 0 saturated carbocycles. The molecule has 3 N–H and O–H groups in total. The highest BCUT2D eigenvalue weighted by molar-refractivity contribution is 7.91. The van der Waals surface area contributed by atoms with E-state index in [0.717, 1.165) is 19.3 Å². The summed E-state index contributed by atoms with van der Waals surface area (Å²) in [5.41, 5.74) is 6.34. The molecule has 0 heterocycles. The number of rotatable bonds is 7. The first-order chi connectivity index (χ1) is 9.01. The van der Waals surface area contributed by atoms with Crippen molar-refractivity contribution in [2.45, 2.75) is 51.0 Å². The Morgan fingerprint density at radius 2 is 1.95 bits per heavy atom. The number of unbranched alkanes of at least 4 members (excludes halogenated alkanes) is 1. The van der Waals surface area contributed by atoms with Crippen LogP contribution in [0.25, 0.3) is 0 Å². The molecular weight excluding hydrogens is 258 g/mol. The van der Waals surface area contributed by atoms with Gasteiger partial charge in [0.1, 0.15) is 9.92 Å². The maximum atomic E-state index is 13.0. The van der Waals surface area contributed by atoms with Gasteiger partial charge in [-0.3, -0.25) is 0 Å². The van der Waals surface area contributed by atoms with Crippen molar-refractivity contribution in [1.29, 1.82) is 0 Å². The van der Waals surface area contributed by atoms with Crippen molar-refractivity contribution < 1.29 is 4.21 Å². The lowest BCUT2D eigenvalue weighted by molar-refractivity contribution is 0.643. The highest BCUT2D eigenvalue weighted by Crippen LogP contribution is 2.16. The molecule has 1 aromatic rings. The van der Waals surface area contributed by atoms with Crippen LogP contribution in [-0.2, 0) is 9.92 Å². The topological polar surface area (TPSA) is 67.5 Å². The predicted octanol–water partition coefficient (Wildman–Crippen LogP) is 3.20. The Morgan fingerprint density at radius 3 is 2.47 bits per heavy atom. The molecule has 1 aromatic carbocycles. The van der Waals surface area contributed by atoms with Crippen molar-refractivity contribution in [2.75, 3.05) is 12.3 Å². The van der Waals surface area contributed by atoms with E-state index in [-0.39, 0.29) is 6.04 Å². The molecule has 0 radical (unpaired) electrons. The molecule has 108 valence electrons. The lowest BCUT2D eigenvalue weighted by atomic mass is 10.3. The van der Waals surface area contributed by atoms with Gasteiger partial charge in [-0.15, -0.1) is 0 Å². The standard InChI is InChI=1S/C14H25N3OS/c1-4-6-11-16-19(18,17-12(3)5-2)14-9-7-13(15)8-10-14/h7-10,12H,4-6,11,15H2,1-3H3,(H,16,17,18). The van der Waals surface area contributed by atoms with Crippen LogP contribution >= 0.6 is 0 Å². The minimum atomic E-state index is -2.55. The third-order valence-electron chi connectivity index (χ3n) is 2.95. The number of hydrogen-bond acceptors (Lipinski definition) is 3.